The first-order chi connectivity index (χ1) is 8.85. The van der Waals surface area contributed by atoms with Gasteiger partial charge in [0.2, 0.25) is 0 Å². The monoisotopic (exact) mass is 247 g/mol. The van der Waals surface area contributed by atoms with Crippen molar-refractivity contribution in [2.75, 3.05) is 33.9 Å². The molecule has 0 aliphatic carbocycles. The number of hydrogen-bond donors (Lipinski definition) is 1. The van der Waals surface area contributed by atoms with Gasteiger partial charge in [-0.25, -0.2) is 0 Å². The van der Waals surface area contributed by atoms with Crippen molar-refractivity contribution in [2.24, 2.45) is 0 Å². The third-order valence-electron chi connectivity index (χ3n) is 3.35. The third-order valence-corrected chi connectivity index (χ3v) is 3.35. The van der Waals surface area contributed by atoms with Crippen LogP contribution < -0.4 is 5.32 Å². The molecular weight excluding hydrogens is 226 g/mol. The largest absolute Gasteiger partial charge is 0.501 e. The fourth-order valence-corrected chi connectivity index (χ4v) is 2.29. The molecular formula is C15H21NO2. The first-order valence-electron chi connectivity index (χ1n) is 6.37. The normalized spacial score (nSPS) is 19.4. The summed E-state index contributed by atoms with van der Waals surface area (Å²) >= 11 is 0. The lowest BCUT2D eigenvalue weighted by Crippen LogP contribution is -2.28. The summed E-state index contributed by atoms with van der Waals surface area (Å²) in [6.07, 6.45) is 3.08. The highest BCUT2D eigenvalue weighted by molar-refractivity contribution is 5.31. The molecule has 0 saturated carbocycles. The van der Waals surface area contributed by atoms with Crippen LogP contribution >= 0.6 is 0 Å². The molecule has 0 radical (unpaired) electrons. The van der Waals surface area contributed by atoms with Gasteiger partial charge < -0.3 is 14.8 Å². The van der Waals surface area contributed by atoms with Gasteiger partial charge in [0.1, 0.15) is 5.76 Å². The highest BCUT2D eigenvalue weighted by Gasteiger charge is 2.19. The number of hydrogen-bond acceptors (Lipinski definition) is 3. The van der Waals surface area contributed by atoms with Crippen molar-refractivity contribution in [1.82, 2.24) is 5.32 Å². The Hall–Kier alpha value is -1.32. The Morgan fingerprint density at radius 2 is 2.00 bits per heavy atom. The zero-order chi connectivity index (χ0) is 12.8. The summed E-state index contributed by atoms with van der Waals surface area (Å²) in [6.45, 7) is 2.61. The van der Waals surface area contributed by atoms with Gasteiger partial charge in [-0.1, -0.05) is 24.3 Å². The average molecular weight is 247 g/mol. The van der Waals surface area contributed by atoms with E-state index in [-0.39, 0.29) is 0 Å². The van der Waals surface area contributed by atoms with E-state index in [0.717, 1.165) is 31.9 Å². The van der Waals surface area contributed by atoms with E-state index in [0.29, 0.717) is 5.92 Å². The SMILES string of the molecule is COCCc1ccc(C2CNCC=C2OC)cc1. The van der Waals surface area contributed by atoms with Gasteiger partial charge in [0.05, 0.1) is 19.6 Å². The smallest absolute Gasteiger partial charge is 0.102 e. The molecule has 98 valence electrons. The second-order valence-corrected chi connectivity index (χ2v) is 4.51. The molecule has 3 heteroatoms. The molecule has 0 aromatic heterocycles. The van der Waals surface area contributed by atoms with Crippen LogP contribution in [0.15, 0.2) is 36.1 Å². The van der Waals surface area contributed by atoms with Crippen molar-refractivity contribution >= 4 is 0 Å². The van der Waals surface area contributed by atoms with Crippen molar-refractivity contribution in [3.63, 3.8) is 0 Å². The fraction of sp³-hybridized carbons (Fsp3) is 0.467. The van der Waals surface area contributed by atoms with Crippen LogP contribution in [0, 0.1) is 0 Å². The van der Waals surface area contributed by atoms with Gasteiger partial charge in [0, 0.05) is 20.2 Å². The summed E-state index contributed by atoms with van der Waals surface area (Å²) in [4.78, 5) is 0. The maximum atomic E-state index is 5.45. The molecule has 1 aliphatic heterocycles. The van der Waals surface area contributed by atoms with E-state index >= 15 is 0 Å². The van der Waals surface area contributed by atoms with Crippen LogP contribution in [0.25, 0.3) is 0 Å². The van der Waals surface area contributed by atoms with Gasteiger partial charge in [0.15, 0.2) is 0 Å². The highest BCUT2D eigenvalue weighted by Crippen LogP contribution is 2.26. The zero-order valence-electron chi connectivity index (χ0n) is 11.1. The second-order valence-electron chi connectivity index (χ2n) is 4.51. The summed E-state index contributed by atoms with van der Waals surface area (Å²) in [7, 11) is 3.48. The summed E-state index contributed by atoms with van der Waals surface area (Å²) < 4.78 is 10.5. The topological polar surface area (TPSA) is 30.5 Å². The summed E-state index contributed by atoms with van der Waals surface area (Å²) in [6, 6.07) is 8.73. The van der Waals surface area contributed by atoms with E-state index in [4.69, 9.17) is 9.47 Å². The van der Waals surface area contributed by atoms with Gasteiger partial charge in [0.25, 0.3) is 0 Å². The van der Waals surface area contributed by atoms with Gasteiger partial charge in [-0.3, -0.25) is 0 Å². The Morgan fingerprint density at radius 1 is 1.22 bits per heavy atom. The minimum atomic E-state index is 0.334. The molecule has 1 atom stereocenters. The first kappa shape index (κ1) is 13.1. The van der Waals surface area contributed by atoms with Gasteiger partial charge >= 0.3 is 0 Å². The molecule has 3 nitrogen and oxygen atoms in total. The van der Waals surface area contributed by atoms with Crippen LogP contribution in [0.3, 0.4) is 0 Å². The van der Waals surface area contributed by atoms with Crippen LogP contribution in [0.2, 0.25) is 0 Å². The predicted molar refractivity (Wildman–Crippen MR) is 72.7 cm³/mol. The number of rotatable bonds is 5. The van der Waals surface area contributed by atoms with Crippen molar-refractivity contribution < 1.29 is 9.47 Å². The molecule has 1 aliphatic rings. The summed E-state index contributed by atoms with van der Waals surface area (Å²) in [5, 5.41) is 3.37. The van der Waals surface area contributed by atoms with Crippen LogP contribution in [0.4, 0.5) is 0 Å². The number of nitrogens with one attached hydrogen (secondary N) is 1. The van der Waals surface area contributed by atoms with E-state index < -0.39 is 0 Å². The van der Waals surface area contributed by atoms with Crippen LogP contribution in [-0.4, -0.2) is 33.9 Å². The van der Waals surface area contributed by atoms with Gasteiger partial charge in [-0.2, -0.15) is 0 Å². The maximum absolute atomic E-state index is 5.45. The molecule has 0 saturated heterocycles. The van der Waals surface area contributed by atoms with E-state index in [2.05, 4.69) is 35.7 Å². The van der Waals surface area contributed by atoms with E-state index in [1.165, 1.54) is 11.1 Å². The Labute approximate surface area is 109 Å². The van der Waals surface area contributed by atoms with Crippen molar-refractivity contribution in [2.45, 2.75) is 12.3 Å². The highest BCUT2D eigenvalue weighted by atomic mass is 16.5. The second kappa shape index (κ2) is 6.57. The zero-order valence-corrected chi connectivity index (χ0v) is 11.1. The molecule has 1 heterocycles. The van der Waals surface area contributed by atoms with Crippen molar-refractivity contribution in [1.29, 1.82) is 0 Å². The average Bonchev–Trinajstić information content (AvgIpc) is 2.45. The Bertz CT molecular complexity index is 397. The van der Waals surface area contributed by atoms with E-state index in [9.17, 15) is 0 Å². The lowest BCUT2D eigenvalue weighted by atomic mass is 9.93. The van der Waals surface area contributed by atoms with Gasteiger partial charge in [-0.05, 0) is 23.6 Å². The van der Waals surface area contributed by atoms with Crippen LogP contribution in [-0.2, 0) is 15.9 Å². The standard InChI is InChI=1S/C15H21NO2/c1-17-10-8-12-3-5-13(6-4-12)14-11-16-9-7-15(14)18-2/h3-7,14,16H,8-11H2,1-2H3. The number of methoxy groups -OCH3 is 2. The minimum Gasteiger partial charge on any atom is -0.501 e. The molecule has 0 fully saturated rings. The van der Waals surface area contributed by atoms with Crippen molar-refractivity contribution in [3.05, 3.63) is 47.2 Å². The molecule has 0 spiro atoms. The summed E-state index contributed by atoms with van der Waals surface area (Å²) in [5.74, 6) is 1.40. The van der Waals surface area contributed by atoms with Crippen molar-refractivity contribution in [3.8, 4) is 0 Å². The maximum Gasteiger partial charge on any atom is 0.102 e. The molecule has 1 unspecified atom stereocenters. The molecule has 0 bridgehead atoms. The predicted octanol–water partition coefficient (Wildman–Crippen LogP) is 2.09. The molecule has 0 amide bonds. The number of ether oxygens (including phenoxy) is 2. The fourth-order valence-electron chi connectivity index (χ4n) is 2.29. The lowest BCUT2D eigenvalue weighted by molar-refractivity contribution is 0.202. The van der Waals surface area contributed by atoms with Crippen LogP contribution in [0.1, 0.15) is 17.0 Å². The van der Waals surface area contributed by atoms with Crippen LogP contribution in [0.5, 0.6) is 0 Å². The Morgan fingerprint density at radius 3 is 2.67 bits per heavy atom. The van der Waals surface area contributed by atoms with E-state index in [1.54, 1.807) is 14.2 Å². The lowest BCUT2D eigenvalue weighted by Gasteiger charge is -2.24. The first-order valence-corrected chi connectivity index (χ1v) is 6.37. The number of benzene rings is 1. The molecule has 1 aromatic rings. The molecule has 1 aromatic carbocycles. The molecule has 18 heavy (non-hydrogen) atoms. The summed E-state index contributed by atoms with van der Waals surface area (Å²) in [5.41, 5.74) is 2.61. The third kappa shape index (κ3) is 3.12. The quantitative estimate of drug-likeness (QED) is 0.864. The minimum absolute atomic E-state index is 0.334. The Balaban J connectivity index is 2.08. The van der Waals surface area contributed by atoms with Gasteiger partial charge in [-0.15, -0.1) is 0 Å². The molecule has 1 N–H and O–H groups in total. The van der Waals surface area contributed by atoms with E-state index in [1.807, 2.05) is 0 Å². The molecule has 2 rings (SSSR count). The Kier molecular flexibility index (Phi) is 4.79.